The summed E-state index contributed by atoms with van der Waals surface area (Å²) in [6.07, 6.45) is 3.51. The van der Waals surface area contributed by atoms with Crippen molar-refractivity contribution in [2.45, 2.75) is 46.1 Å². The molecule has 6 nitrogen and oxygen atoms in total. The van der Waals surface area contributed by atoms with E-state index < -0.39 is 17.5 Å². The molecule has 0 fully saturated rings. The molecular weight excluding hydrogens is 240 g/mol. The Morgan fingerprint density at radius 2 is 1.72 bits per heavy atom. The highest BCUT2D eigenvalue weighted by atomic mass is 17.5. The van der Waals surface area contributed by atoms with Crippen molar-refractivity contribution >= 4 is 11.9 Å². The lowest BCUT2D eigenvalue weighted by molar-refractivity contribution is -0.515. The molecule has 0 unspecified atom stereocenters. The van der Waals surface area contributed by atoms with Crippen LogP contribution >= 0.6 is 0 Å². The first-order valence-electron chi connectivity index (χ1n) is 5.82. The van der Waals surface area contributed by atoms with Crippen LogP contribution in [0.15, 0.2) is 12.2 Å². The minimum Gasteiger partial charge on any atom is -0.463 e. The van der Waals surface area contributed by atoms with Crippen LogP contribution in [-0.2, 0) is 29.1 Å². The van der Waals surface area contributed by atoms with Gasteiger partial charge in [-0.05, 0) is 32.2 Å². The predicted molar refractivity (Wildman–Crippen MR) is 63.0 cm³/mol. The van der Waals surface area contributed by atoms with Crippen LogP contribution in [0.25, 0.3) is 0 Å². The predicted octanol–water partition coefficient (Wildman–Crippen LogP) is 2.09. The minimum atomic E-state index is -0.852. The average Bonchev–Trinajstić information content (AvgIpc) is 2.26. The van der Waals surface area contributed by atoms with Crippen LogP contribution in [0.4, 0.5) is 0 Å². The van der Waals surface area contributed by atoms with E-state index in [9.17, 15) is 9.59 Å². The third-order valence-corrected chi connectivity index (χ3v) is 1.87. The molecule has 0 rings (SSSR count). The summed E-state index contributed by atoms with van der Waals surface area (Å²) >= 11 is 0. The maximum absolute atomic E-state index is 11.1. The minimum absolute atomic E-state index is 0.239. The number of rotatable bonds is 8. The van der Waals surface area contributed by atoms with Crippen molar-refractivity contribution in [2.24, 2.45) is 0 Å². The summed E-state index contributed by atoms with van der Waals surface area (Å²) in [5, 5.41) is 4.35. The van der Waals surface area contributed by atoms with Crippen molar-refractivity contribution in [1.29, 1.82) is 0 Å². The third kappa shape index (κ3) is 8.72. The monoisotopic (exact) mass is 260 g/mol. The van der Waals surface area contributed by atoms with E-state index in [0.717, 1.165) is 25.0 Å². The van der Waals surface area contributed by atoms with E-state index in [1.165, 1.54) is 0 Å². The quantitative estimate of drug-likeness (QED) is 0.288. The van der Waals surface area contributed by atoms with Crippen LogP contribution in [0, 0.1) is 0 Å². The fraction of sp³-hybridized carbons (Fsp3) is 0.667. The Hall–Kier alpha value is -1.40. The molecule has 0 saturated carbocycles. The van der Waals surface area contributed by atoms with Gasteiger partial charge in [-0.3, -0.25) is 4.89 Å². The van der Waals surface area contributed by atoms with E-state index >= 15 is 0 Å². The zero-order valence-corrected chi connectivity index (χ0v) is 11.2. The maximum Gasteiger partial charge on any atom is 0.369 e. The molecule has 0 saturated heterocycles. The highest BCUT2D eigenvalue weighted by Gasteiger charge is 2.19. The molecule has 0 aliphatic heterocycles. The van der Waals surface area contributed by atoms with Gasteiger partial charge >= 0.3 is 11.9 Å². The molecule has 0 aliphatic rings. The lowest BCUT2D eigenvalue weighted by Gasteiger charge is -2.20. The normalized spacial score (nSPS) is 11.6. The molecule has 0 bridgehead atoms. The van der Waals surface area contributed by atoms with Gasteiger partial charge in [0, 0.05) is 12.2 Å². The highest BCUT2D eigenvalue weighted by Crippen LogP contribution is 2.16. The molecule has 0 aromatic carbocycles. The molecule has 104 valence electrons. The maximum atomic E-state index is 11.1. The summed E-state index contributed by atoms with van der Waals surface area (Å²) in [5.41, 5.74) is -0.542. The highest BCUT2D eigenvalue weighted by molar-refractivity contribution is 5.91. The SMILES string of the molecule is CCCC(C)(C)OOOC(=O)C=CC(=O)OCC. The Morgan fingerprint density at radius 3 is 2.28 bits per heavy atom. The Morgan fingerprint density at radius 1 is 1.11 bits per heavy atom. The molecule has 0 atom stereocenters. The van der Waals surface area contributed by atoms with E-state index in [4.69, 9.17) is 4.89 Å². The number of carbonyl (C=O) groups excluding carboxylic acids is 2. The van der Waals surface area contributed by atoms with Gasteiger partial charge in [0.15, 0.2) is 0 Å². The average molecular weight is 260 g/mol. The largest absolute Gasteiger partial charge is 0.463 e. The van der Waals surface area contributed by atoms with Crippen molar-refractivity contribution in [3.05, 3.63) is 12.2 Å². The first-order chi connectivity index (χ1) is 8.41. The summed E-state index contributed by atoms with van der Waals surface area (Å²) in [7, 11) is 0. The standard InChI is InChI=1S/C12H20O6/c1-5-9-12(3,4)17-18-16-11(14)8-7-10(13)15-6-2/h7-8H,5-6,9H2,1-4H3. The van der Waals surface area contributed by atoms with Crippen molar-refractivity contribution in [2.75, 3.05) is 6.61 Å². The van der Waals surface area contributed by atoms with Gasteiger partial charge in [-0.15, -0.1) is 0 Å². The van der Waals surface area contributed by atoms with Gasteiger partial charge in [0.05, 0.1) is 6.61 Å². The van der Waals surface area contributed by atoms with Crippen LogP contribution in [0.1, 0.15) is 40.5 Å². The van der Waals surface area contributed by atoms with Crippen LogP contribution in [0.3, 0.4) is 0 Å². The summed E-state index contributed by atoms with van der Waals surface area (Å²) in [6, 6.07) is 0. The zero-order chi connectivity index (χ0) is 14.0. The molecule has 0 radical (unpaired) electrons. The van der Waals surface area contributed by atoms with E-state index in [1.54, 1.807) is 20.8 Å². The van der Waals surface area contributed by atoms with E-state index in [0.29, 0.717) is 0 Å². The van der Waals surface area contributed by atoms with Gasteiger partial charge in [0.2, 0.25) is 0 Å². The molecule has 0 aromatic heterocycles. The van der Waals surface area contributed by atoms with Crippen molar-refractivity contribution in [3.8, 4) is 0 Å². The summed E-state index contributed by atoms with van der Waals surface area (Å²) in [4.78, 5) is 31.1. The lowest BCUT2D eigenvalue weighted by Crippen LogP contribution is -2.24. The summed E-state index contributed by atoms with van der Waals surface area (Å²) in [5.74, 6) is -1.47. The number of ether oxygens (including phenoxy) is 1. The van der Waals surface area contributed by atoms with Gasteiger partial charge in [-0.1, -0.05) is 13.3 Å². The first-order valence-corrected chi connectivity index (χ1v) is 5.82. The number of carbonyl (C=O) groups is 2. The van der Waals surface area contributed by atoms with Gasteiger partial charge in [0.1, 0.15) is 5.60 Å². The fourth-order valence-electron chi connectivity index (χ4n) is 1.14. The first kappa shape index (κ1) is 16.6. The van der Waals surface area contributed by atoms with E-state index in [1.807, 2.05) is 6.92 Å². The number of hydrogen-bond donors (Lipinski definition) is 0. The van der Waals surface area contributed by atoms with Crippen LogP contribution in [0.5, 0.6) is 0 Å². The molecule has 0 aromatic rings. The molecule has 0 aliphatic carbocycles. The van der Waals surface area contributed by atoms with Gasteiger partial charge in [0.25, 0.3) is 0 Å². The van der Waals surface area contributed by atoms with Crippen molar-refractivity contribution in [3.63, 3.8) is 0 Å². The second-order valence-corrected chi connectivity index (χ2v) is 4.15. The second-order valence-electron chi connectivity index (χ2n) is 4.15. The van der Waals surface area contributed by atoms with E-state index in [-0.39, 0.29) is 6.61 Å². The number of hydrogen-bond acceptors (Lipinski definition) is 6. The number of esters is 1. The van der Waals surface area contributed by atoms with Crippen molar-refractivity contribution in [1.82, 2.24) is 0 Å². The zero-order valence-electron chi connectivity index (χ0n) is 11.2. The molecule has 0 spiro atoms. The van der Waals surface area contributed by atoms with Crippen LogP contribution < -0.4 is 0 Å². The lowest BCUT2D eigenvalue weighted by atomic mass is 10.0. The van der Waals surface area contributed by atoms with Crippen LogP contribution in [0.2, 0.25) is 0 Å². The fourth-order valence-corrected chi connectivity index (χ4v) is 1.14. The van der Waals surface area contributed by atoms with Gasteiger partial charge in [-0.25, -0.2) is 9.59 Å². The Kier molecular flexibility index (Phi) is 7.98. The van der Waals surface area contributed by atoms with Crippen molar-refractivity contribution < 1.29 is 29.1 Å². The Bertz CT molecular complexity index is 295. The van der Waals surface area contributed by atoms with E-state index in [2.05, 4.69) is 14.7 Å². The topological polar surface area (TPSA) is 71.1 Å². The smallest absolute Gasteiger partial charge is 0.369 e. The molecular formula is C12H20O6. The summed E-state index contributed by atoms with van der Waals surface area (Å²) in [6.45, 7) is 7.51. The molecule has 0 heterocycles. The van der Waals surface area contributed by atoms with Gasteiger partial charge < -0.3 is 4.74 Å². The Balaban J connectivity index is 3.87. The summed E-state index contributed by atoms with van der Waals surface area (Å²) < 4.78 is 4.58. The molecule has 0 N–H and O–H groups in total. The molecule has 18 heavy (non-hydrogen) atoms. The third-order valence-electron chi connectivity index (χ3n) is 1.87. The van der Waals surface area contributed by atoms with Gasteiger partial charge in [-0.2, -0.15) is 4.89 Å². The van der Waals surface area contributed by atoms with Crippen LogP contribution in [-0.4, -0.2) is 24.1 Å². The second kappa shape index (κ2) is 8.66. The molecule has 0 amide bonds. The Labute approximate surface area is 107 Å². The molecule has 6 heteroatoms.